The molecule has 3 N–H and O–H groups in total. The number of nitrogens with two attached hydrogens (primary N) is 1. The summed E-state index contributed by atoms with van der Waals surface area (Å²) in [5.74, 6) is 0.696. The van der Waals surface area contributed by atoms with Gasteiger partial charge in [-0.15, -0.1) is 37.1 Å². The highest BCUT2D eigenvalue weighted by Gasteiger charge is 2.30. The zero-order chi connectivity index (χ0) is 17.6. The van der Waals surface area contributed by atoms with Gasteiger partial charge in [0.1, 0.15) is 5.75 Å². The van der Waals surface area contributed by atoms with Gasteiger partial charge in [0.05, 0.1) is 6.54 Å². The lowest BCUT2D eigenvalue weighted by atomic mass is 9.97. The van der Waals surface area contributed by atoms with Crippen LogP contribution in [0.15, 0.2) is 29.3 Å². The molecule has 1 aliphatic rings. The second kappa shape index (κ2) is 10.0. The largest absolute Gasteiger partial charge is 0.573 e. The van der Waals surface area contributed by atoms with E-state index in [1.807, 2.05) is 0 Å². The van der Waals surface area contributed by atoms with Crippen LogP contribution in [0.2, 0.25) is 0 Å². The maximum absolute atomic E-state index is 12.1. The molecule has 9 heteroatoms. The molecule has 0 unspecified atom stereocenters. The van der Waals surface area contributed by atoms with Crippen LogP contribution in [0.4, 0.5) is 13.2 Å². The number of ether oxygens (including phenoxy) is 1. The third-order valence-electron chi connectivity index (χ3n) is 4.00. The van der Waals surface area contributed by atoms with Crippen LogP contribution in [0.5, 0.6) is 5.75 Å². The van der Waals surface area contributed by atoms with E-state index in [1.165, 1.54) is 24.3 Å². The Morgan fingerprint density at radius 3 is 2.44 bits per heavy atom. The summed E-state index contributed by atoms with van der Waals surface area (Å²) in [7, 11) is 2.12. The number of aliphatic imine (C=N–C) groups is 1. The van der Waals surface area contributed by atoms with E-state index in [9.17, 15) is 13.2 Å². The highest BCUT2D eigenvalue weighted by Crippen LogP contribution is 2.22. The minimum Gasteiger partial charge on any atom is -0.406 e. The molecule has 1 aromatic carbocycles. The van der Waals surface area contributed by atoms with Crippen molar-refractivity contribution in [3.63, 3.8) is 0 Å². The zero-order valence-electron chi connectivity index (χ0n) is 14.1. The monoisotopic (exact) mass is 472 g/mol. The van der Waals surface area contributed by atoms with Crippen LogP contribution in [-0.2, 0) is 6.54 Å². The highest BCUT2D eigenvalue weighted by atomic mass is 127. The molecule has 142 valence electrons. The molecule has 1 aromatic rings. The quantitative estimate of drug-likeness (QED) is 0.393. The van der Waals surface area contributed by atoms with Crippen molar-refractivity contribution in [3.05, 3.63) is 29.8 Å². The lowest BCUT2D eigenvalue weighted by Crippen LogP contribution is -2.39. The van der Waals surface area contributed by atoms with Crippen molar-refractivity contribution in [1.29, 1.82) is 0 Å². The summed E-state index contributed by atoms with van der Waals surface area (Å²) in [6, 6.07) is 5.60. The van der Waals surface area contributed by atoms with E-state index in [2.05, 4.69) is 27.0 Å². The van der Waals surface area contributed by atoms with Gasteiger partial charge in [0.25, 0.3) is 0 Å². The van der Waals surface area contributed by atoms with Crippen LogP contribution < -0.4 is 15.8 Å². The Kier molecular flexibility index (Phi) is 8.77. The first kappa shape index (κ1) is 21.8. The van der Waals surface area contributed by atoms with Crippen molar-refractivity contribution < 1.29 is 17.9 Å². The van der Waals surface area contributed by atoms with Crippen molar-refractivity contribution >= 4 is 29.9 Å². The summed E-state index contributed by atoms with van der Waals surface area (Å²) >= 11 is 0. The van der Waals surface area contributed by atoms with Crippen molar-refractivity contribution in [2.45, 2.75) is 25.7 Å². The first-order valence-corrected chi connectivity index (χ1v) is 7.89. The zero-order valence-corrected chi connectivity index (χ0v) is 16.4. The minimum absolute atomic E-state index is 0. The molecule has 5 nitrogen and oxygen atoms in total. The second-order valence-corrected chi connectivity index (χ2v) is 6.02. The number of halogens is 4. The number of nitrogens with one attached hydrogen (secondary N) is 1. The average Bonchev–Trinajstić information content (AvgIpc) is 2.52. The molecular formula is C16H24F3IN4O. The van der Waals surface area contributed by atoms with Crippen LogP contribution in [-0.4, -0.2) is 43.9 Å². The molecular weight excluding hydrogens is 448 g/mol. The van der Waals surface area contributed by atoms with Crippen LogP contribution in [0, 0.1) is 5.92 Å². The number of piperidine rings is 1. The SMILES string of the molecule is CN1CCC(CNC(N)=NCc2ccc(OC(F)(F)F)cc2)CC1.I. The van der Waals surface area contributed by atoms with E-state index in [-0.39, 0.29) is 29.7 Å². The fraction of sp³-hybridized carbons (Fsp3) is 0.562. The lowest BCUT2D eigenvalue weighted by Gasteiger charge is -2.29. The standard InChI is InChI=1S/C16H23F3N4O.HI/c1-23-8-6-13(7-9-23)11-22-15(20)21-10-12-2-4-14(5-3-12)24-16(17,18)19;/h2-5,13H,6-11H2,1H3,(H3,20,21,22);1H. The first-order valence-electron chi connectivity index (χ1n) is 7.89. The molecule has 0 bridgehead atoms. The molecule has 0 saturated carbocycles. The van der Waals surface area contributed by atoms with E-state index in [0.29, 0.717) is 18.4 Å². The van der Waals surface area contributed by atoms with Crippen LogP contribution in [0.3, 0.4) is 0 Å². The fourth-order valence-electron chi connectivity index (χ4n) is 2.54. The third-order valence-corrected chi connectivity index (χ3v) is 4.00. The van der Waals surface area contributed by atoms with Gasteiger partial charge in [-0.25, -0.2) is 4.99 Å². The van der Waals surface area contributed by atoms with Gasteiger partial charge in [0, 0.05) is 6.54 Å². The van der Waals surface area contributed by atoms with E-state index >= 15 is 0 Å². The topological polar surface area (TPSA) is 62.9 Å². The van der Waals surface area contributed by atoms with Gasteiger partial charge >= 0.3 is 6.36 Å². The van der Waals surface area contributed by atoms with Gasteiger partial charge < -0.3 is 20.7 Å². The molecule has 2 rings (SSSR count). The molecule has 25 heavy (non-hydrogen) atoms. The summed E-state index contributed by atoms with van der Waals surface area (Å²) in [4.78, 5) is 6.51. The lowest BCUT2D eigenvalue weighted by molar-refractivity contribution is -0.274. The molecule has 0 atom stereocenters. The summed E-state index contributed by atoms with van der Waals surface area (Å²) in [6.07, 6.45) is -2.41. The number of hydrogen-bond acceptors (Lipinski definition) is 3. The summed E-state index contributed by atoms with van der Waals surface area (Å²) < 4.78 is 40.1. The highest BCUT2D eigenvalue weighted by molar-refractivity contribution is 14.0. The molecule has 1 fully saturated rings. The normalized spacial score (nSPS) is 17.0. The Labute approximate surface area is 162 Å². The van der Waals surface area contributed by atoms with Crippen LogP contribution in [0.25, 0.3) is 0 Å². The van der Waals surface area contributed by atoms with Gasteiger partial charge in [-0.05, 0) is 56.6 Å². The first-order chi connectivity index (χ1) is 11.3. The van der Waals surface area contributed by atoms with Crippen molar-refractivity contribution in [2.75, 3.05) is 26.7 Å². The third kappa shape index (κ3) is 8.61. The Morgan fingerprint density at radius 2 is 1.88 bits per heavy atom. The van der Waals surface area contributed by atoms with E-state index < -0.39 is 6.36 Å². The minimum atomic E-state index is -4.68. The predicted molar refractivity (Wildman–Crippen MR) is 102 cm³/mol. The maximum atomic E-state index is 12.1. The van der Waals surface area contributed by atoms with Crippen molar-refractivity contribution in [1.82, 2.24) is 10.2 Å². The molecule has 0 aliphatic carbocycles. The van der Waals surface area contributed by atoms with Crippen LogP contribution >= 0.6 is 24.0 Å². The van der Waals surface area contributed by atoms with Crippen LogP contribution in [0.1, 0.15) is 18.4 Å². The van der Waals surface area contributed by atoms with Crippen molar-refractivity contribution in [2.24, 2.45) is 16.6 Å². The van der Waals surface area contributed by atoms with E-state index in [0.717, 1.165) is 38.0 Å². The Bertz CT molecular complexity index is 543. The molecule has 1 saturated heterocycles. The average molecular weight is 472 g/mol. The van der Waals surface area contributed by atoms with Gasteiger partial charge in [-0.3, -0.25) is 0 Å². The molecule has 0 aromatic heterocycles. The van der Waals surface area contributed by atoms with Gasteiger partial charge in [0.2, 0.25) is 0 Å². The van der Waals surface area contributed by atoms with Crippen molar-refractivity contribution in [3.8, 4) is 5.75 Å². The number of hydrogen-bond donors (Lipinski definition) is 2. The molecule has 1 aliphatic heterocycles. The van der Waals surface area contributed by atoms with Gasteiger partial charge in [0.15, 0.2) is 5.96 Å². The summed E-state index contributed by atoms with van der Waals surface area (Å²) in [5, 5.41) is 3.12. The number of benzene rings is 1. The number of guanidine groups is 1. The summed E-state index contributed by atoms with van der Waals surface area (Å²) in [5.41, 5.74) is 6.59. The van der Waals surface area contributed by atoms with E-state index in [4.69, 9.17) is 5.73 Å². The number of alkyl halides is 3. The molecule has 0 amide bonds. The van der Waals surface area contributed by atoms with Gasteiger partial charge in [-0.1, -0.05) is 12.1 Å². The number of nitrogens with zero attached hydrogens (tertiary/aromatic N) is 2. The fourth-order valence-corrected chi connectivity index (χ4v) is 2.54. The Balaban J connectivity index is 0.00000312. The second-order valence-electron chi connectivity index (χ2n) is 6.02. The molecule has 0 spiro atoms. The Hall–Kier alpha value is -1.23. The Morgan fingerprint density at radius 1 is 1.28 bits per heavy atom. The smallest absolute Gasteiger partial charge is 0.406 e. The predicted octanol–water partition coefficient (Wildman–Crippen LogP) is 2.95. The van der Waals surface area contributed by atoms with E-state index in [1.54, 1.807) is 0 Å². The number of likely N-dealkylation sites (tertiary alicyclic amines) is 1. The molecule has 1 heterocycles. The molecule has 0 radical (unpaired) electrons. The van der Waals surface area contributed by atoms with Gasteiger partial charge in [-0.2, -0.15) is 0 Å². The number of rotatable bonds is 5. The maximum Gasteiger partial charge on any atom is 0.573 e. The summed E-state index contributed by atoms with van der Waals surface area (Å²) in [6.45, 7) is 3.28.